The van der Waals surface area contributed by atoms with Crippen molar-refractivity contribution in [2.75, 3.05) is 27.3 Å². The molecule has 8 heteroatoms. The first kappa shape index (κ1) is 20.1. The highest BCUT2D eigenvalue weighted by Crippen LogP contribution is 2.27. The lowest BCUT2D eigenvalue weighted by molar-refractivity contribution is 0.0674. The van der Waals surface area contributed by atoms with Crippen molar-refractivity contribution in [3.63, 3.8) is 0 Å². The summed E-state index contributed by atoms with van der Waals surface area (Å²) in [5, 5.41) is 4.34. The minimum Gasteiger partial charge on any atom is -0.497 e. The monoisotopic (exact) mass is 409 g/mol. The van der Waals surface area contributed by atoms with Gasteiger partial charge in [0.2, 0.25) is 5.82 Å². The highest BCUT2D eigenvalue weighted by Gasteiger charge is 2.26. The molecular formula is C22H27N5O3. The van der Waals surface area contributed by atoms with E-state index in [1.165, 1.54) is 5.56 Å². The molecule has 30 heavy (non-hydrogen) atoms. The summed E-state index contributed by atoms with van der Waals surface area (Å²) in [7, 11) is 3.33. The van der Waals surface area contributed by atoms with Gasteiger partial charge in [-0.1, -0.05) is 0 Å². The lowest BCUT2D eigenvalue weighted by atomic mass is 9.90. The standard InChI is InChI=1S/C22H27N5O3/c1-15-6-9-23-22-24-20(25-27(15)22)21(28)26-10-7-16(8-11-26)4-5-17-12-18(29-2)14-19(13-17)30-3/h6,9,12-14,16H,4-5,7-8,10-11H2,1-3H3. The van der Waals surface area contributed by atoms with Gasteiger partial charge in [-0.2, -0.15) is 4.98 Å². The molecule has 0 unspecified atom stereocenters. The number of carbonyl (C=O) groups is 1. The van der Waals surface area contributed by atoms with Crippen LogP contribution in [0.4, 0.5) is 0 Å². The number of aromatic nitrogens is 4. The maximum Gasteiger partial charge on any atom is 0.293 e. The first-order valence-electron chi connectivity index (χ1n) is 10.3. The summed E-state index contributed by atoms with van der Waals surface area (Å²) in [6, 6.07) is 7.86. The van der Waals surface area contributed by atoms with E-state index in [1.807, 2.05) is 24.0 Å². The van der Waals surface area contributed by atoms with Crippen molar-refractivity contribution in [2.24, 2.45) is 5.92 Å². The minimum atomic E-state index is -0.115. The fourth-order valence-corrected chi connectivity index (χ4v) is 3.94. The molecule has 2 aromatic heterocycles. The van der Waals surface area contributed by atoms with Crippen LogP contribution in [0.2, 0.25) is 0 Å². The molecule has 1 saturated heterocycles. The summed E-state index contributed by atoms with van der Waals surface area (Å²) in [6.07, 6.45) is 5.69. The van der Waals surface area contributed by atoms with Gasteiger partial charge in [0.15, 0.2) is 0 Å². The first-order valence-corrected chi connectivity index (χ1v) is 10.3. The topological polar surface area (TPSA) is 81.9 Å². The molecule has 1 aliphatic rings. The molecule has 0 atom stereocenters. The zero-order chi connectivity index (χ0) is 21.1. The summed E-state index contributed by atoms with van der Waals surface area (Å²) in [6.45, 7) is 3.38. The highest BCUT2D eigenvalue weighted by molar-refractivity contribution is 5.90. The van der Waals surface area contributed by atoms with Crippen molar-refractivity contribution < 1.29 is 14.3 Å². The number of methoxy groups -OCH3 is 2. The van der Waals surface area contributed by atoms with Gasteiger partial charge in [-0.05, 0) is 62.3 Å². The molecule has 158 valence electrons. The third-order valence-corrected chi connectivity index (χ3v) is 5.78. The lowest BCUT2D eigenvalue weighted by Crippen LogP contribution is -2.39. The van der Waals surface area contributed by atoms with Gasteiger partial charge < -0.3 is 14.4 Å². The van der Waals surface area contributed by atoms with E-state index >= 15 is 0 Å². The highest BCUT2D eigenvalue weighted by atomic mass is 16.5. The van der Waals surface area contributed by atoms with Crippen LogP contribution in [0, 0.1) is 12.8 Å². The van der Waals surface area contributed by atoms with Gasteiger partial charge in [-0.3, -0.25) is 4.79 Å². The Kier molecular flexibility index (Phi) is 5.83. The third-order valence-electron chi connectivity index (χ3n) is 5.78. The van der Waals surface area contributed by atoms with E-state index in [0.717, 1.165) is 56.0 Å². The van der Waals surface area contributed by atoms with Crippen LogP contribution in [-0.4, -0.2) is 57.7 Å². The van der Waals surface area contributed by atoms with Crippen molar-refractivity contribution in [2.45, 2.75) is 32.6 Å². The summed E-state index contributed by atoms with van der Waals surface area (Å²) >= 11 is 0. The second-order valence-electron chi connectivity index (χ2n) is 7.73. The van der Waals surface area contributed by atoms with E-state index in [-0.39, 0.29) is 11.7 Å². The Morgan fingerprint density at radius 2 is 1.83 bits per heavy atom. The molecule has 0 N–H and O–H groups in total. The predicted molar refractivity (Wildman–Crippen MR) is 112 cm³/mol. The number of rotatable bonds is 6. The fourth-order valence-electron chi connectivity index (χ4n) is 3.94. The quantitative estimate of drug-likeness (QED) is 0.623. The molecule has 1 amide bonds. The molecule has 3 heterocycles. The van der Waals surface area contributed by atoms with Gasteiger partial charge in [0.05, 0.1) is 14.2 Å². The largest absolute Gasteiger partial charge is 0.497 e. The molecule has 0 spiro atoms. The van der Waals surface area contributed by atoms with E-state index in [2.05, 4.69) is 27.2 Å². The summed E-state index contributed by atoms with van der Waals surface area (Å²) in [4.78, 5) is 23.2. The Hall–Kier alpha value is -3.16. The molecular weight excluding hydrogens is 382 g/mol. The number of carbonyl (C=O) groups excluding carboxylic acids is 1. The molecule has 1 fully saturated rings. The van der Waals surface area contributed by atoms with Gasteiger partial charge in [0.1, 0.15) is 11.5 Å². The number of hydrogen-bond acceptors (Lipinski definition) is 6. The molecule has 0 bridgehead atoms. The second kappa shape index (κ2) is 8.69. The van der Waals surface area contributed by atoms with Crippen molar-refractivity contribution in [3.8, 4) is 11.5 Å². The van der Waals surface area contributed by atoms with E-state index in [1.54, 1.807) is 24.9 Å². The molecule has 0 aliphatic carbocycles. The average molecular weight is 409 g/mol. The molecule has 3 aromatic rings. The molecule has 8 nitrogen and oxygen atoms in total. The van der Waals surface area contributed by atoms with Gasteiger partial charge >= 0.3 is 0 Å². The number of aryl methyl sites for hydroxylation is 2. The Balaban J connectivity index is 1.33. The van der Waals surface area contributed by atoms with Gasteiger partial charge in [0.25, 0.3) is 11.7 Å². The number of amides is 1. The van der Waals surface area contributed by atoms with Crippen LogP contribution in [0.1, 0.15) is 41.1 Å². The van der Waals surface area contributed by atoms with Gasteiger partial charge in [0, 0.05) is 31.0 Å². The zero-order valence-electron chi connectivity index (χ0n) is 17.7. The number of benzene rings is 1. The van der Waals surface area contributed by atoms with Crippen LogP contribution in [0.5, 0.6) is 11.5 Å². The predicted octanol–water partition coefficient (Wildman–Crippen LogP) is 2.93. The van der Waals surface area contributed by atoms with Crippen LogP contribution in [-0.2, 0) is 6.42 Å². The molecule has 0 saturated carbocycles. The lowest BCUT2D eigenvalue weighted by Gasteiger charge is -2.31. The SMILES string of the molecule is COc1cc(CCC2CCN(C(=O)c3nc4nccc(C)n4n3)CC2)cc(OC)c1. The van der Waals surface area contributed by atoms with Crippen LogP contribution in [0.15, 0.2) is 30.5 Å². The number of fused-ring (bicyclic) bond motifs is 1. The molecule has 4 rings (SSSR count). The van der Waals surface area contributed by atoms with Gasteiger partial charge in [-0.25, -0.2) is 9.50 Å². The first-order chi connectivity index (χ1) is 14.6. The summed E-state index contributed by atoms with van der Waals surface area (Å²) in [5.74, 6) is 2.78. The molecule has 1 aromatic carbocycles. The maximum atomic E-state index is 12.8. The third kappa shape index (κ3) is 4.22. The van der Waals surface area contributed by atoms with E-state index in [9.17, 15) is 4.79 Å². The van der Waals surface area contributed by atoms with Crippen LogP contribution >= 0.6 is 0 Å². The Morgan fingerprint density at radius 3 is 2.47 bits per heavy atom. The Labute approximate surface area is 175 Å². The Morgan fingerprint density at radius 1 is 1.13 bits per heavy atom. The fraction of sp³-hybridized carbons (Fsp3) is 0.455. The van der Waals surface area contributed by atoms with E-state index in [4.69, 9.17) is 9.47 Å². The van der Waals surface area contributed by atoms with Crippen LogP contribution in [0.3, 0.4) is 0 Å². The van der Waals surface area contributed by atoms with Gasteiger partial charge in [-0.15, -0.1) is 5.10 Å². The Bertz CT molecular complexity index is 1020. The number of piperidine rings is 1. The number of ether oxygens (including phenoxy) is 2. The minimum absolute atomic E-state index is 0.115. The normalized spacial score (nSPS) is 14.8. The van der Waals surface area contributed by atoms with Crippen LogP contribution < -0.4 is 9.47 Å². The molecule has 0 radical (unpaired) electrons. The van der Waals surface area contributed by atoms with E-state index in [0.29, 0.717) is 11.7 Å². The average Bonchev–Trinajstić information content (AvgIpc) is 3.23. The van der Waals surface area contributed by atoms with Crippen molar-refractivity contribution in [3.05, 3.63) is 47.5 Å². The number of hydrogen-bond donors (Lipinski definition) is 0. The van der Waals surface area contributed by atoms with Crippen LogP contribution in [0.25, 0.3) is 5.78 Å². The van der Waals surface area contributed by atoms with E-state index < -0.39 is 0 Å². The number of nitrogens with zero attached hydrogens (tertiary/aromatic N) is 5. The number of likely N-dealkylation sites (tertiary alicyclic amines) is 1. The van der Waals surface area contributed by atoms with Crippen molar-refractivity contribution in [1.82, 2.24) is 24.5 Å². The summed E-state index contributed by atoms with van der Waals surface area (Å²) in [5.41, 5.74) is 2.11. The zero-order valence-corrected chi connectivity index (χ0v) is 17.7. The maximum absolute atomic E-state index is 12.8. The van der Waals surface area contributed by atoms with Crippen molar-refractivity contribution in [1.29, 1.82) is 0 Å². The van der Waals surface area contributed by atoms with Crippen molar-refractivity contribution >= 4 is 11.7 Å². The second-order valence-corrected chi connectivity index (χ2v) is 7.73. The smallest absolute Gasteiger partial charge is 0.293 e. The molecule has 1 aliphatic heterocycles. The summed E-state index contributed by atoms with van der Waals surface area (Å²) < 4.78 is 12.3.